The summed E-state index contributed by atoms with van der Waals surface area (Å²) >= 11 is 6.35. The summed E-state index contributed by atoms with van der Waals surface area (Å²) in [5.74, 6) is -4.79. The number of imide groups is 2. The minimum Gasteiger partial charge on any atom is -0.507 e. The fourth-order valence-corrected chi connectivity index (χ4v) is 8.69. The highest BCUT2D eigenvalue weighted by Crippen LogP contribution is 2.65. The molecule has 8 heteroatoms. The third kappa shape index (κ3) is 3.50. The van der Waals surface area contributed by atoms with Crippen LogP contribution in [-0.4, -0.2) is 28.7 Å². The maximum absolute atomic E-state index is 15.2. The number of allylic oxidation sites excluding steroid dienone is 2. The normalized spacial score (nSPS) is 29.2. The molecule has 4 aliphatic rings. The van der Waals surface area contributed by atoms with Crippen LogP contribution in [0.1, 0.15) is 29.9 Å². The van der Waals surface area contributed by atoms with E-state index in [0.717, 1.165) is 11.0 Å². The number of hydrogen-bond donors (Lipinski definition) is 2. The van der Waals surface area contributed by atoms with E-state index in [1.165, 1.54) is 4.90 Å². The van der Waals surface area contributed by atoms with Crippen LogP contribution in [0.25, 0.3) is 10.8 Å². The Morgan fingerprint density at radius 3 is 2.41 bits per heavy atom. The molecule has 218 valence electrons. The summed E-state index contributed by atoms with van der Waals surface area (Å²) in [6, 6.07) is 27.2. The number of hydrogen-bond acceptors (Lipinski definition) is 5. The summed E-state index contributed by atoms with van der Waals surface area (Å²) in [6.45, 7) is 0. The van der Waals surface area contributed by atoms with Gasteiger partial charge in [-0.15, -0.1) is 0 Å². The second kappa shape index (κ2) is 9.63. The molecule has 2 N–H and O–H groups in total. The number of fused-ring (bicyclic) bond motifs is 5. The SMILES string of the molecule is O=C1NC(=O)C2C1CC=C1C2CC2C(=O)N(c3cccc(Cl)c3)C(=O)C2(c2ccccc2)C1c1ccc2ccccc2c1O. The van der Waals surface area contributed by atoms with E-state index in [9.17, 15) is 19.5 Å². The summed E-state index contributed by atoms with van der Waals surface area (Å²) in [5, 5.41) is 16.3. The molecule has 0 radical (unpaired) electrons. The average Bonchev–Trinajstić information content (AvgIpc) is 3.45. The second-order valence-electron chi connectivity index (χ2n) is 12.2. The molecule has 0 bridgehead atoms. The molecule has 2 saturated heterocycles. The van der Waals surface area contributed by atoms with Crippen LogP contribution in [0.4, 0.5) is 5.69 Å². The number of phenolic OH excluding ortho intramolecular Hbond substituents is 1. The van der Waals surface area contributed by atoms with Crippen LogP contribution >= 0.6 is 11.6 Å². The first-order valence-electron chi connectivity index (χ1n) is 14.8. The Kier molecular flexibility index (Phi) is 5.87. The van der Waals surface area contributed by atoms with Gasteiger partial charge in [-0.2, -0.15) is 0 Å². The lowest BCUT2D eigenvalue weighted by molar-refractivity contribution is -0.128. The number of phenols is 1. The molecule has 4 aromatic carbocycles. The third-order valence-electron chi connectivity index (χ3n) is 10.3. The fourth-order valence-electron chi connectivity index (χ4n) is 8.50. The molecule has 4 aromatic rings. The van der Waals surface area contributed by atoms with Crippen molar-refractivity contribution in [3.63, 3.8) is 0 Å². The first-order chi connectivity index (χ1) is 21.3. The number of nitrogens with one attached hydrogen (secondary N) is 1. The van der Waals surface area contributed by atoms with E-state index in [-0.39, 0.29) is 24.0 Å². The predicted molar refractivity (Wildman–Crippen MR) is 165 cm³/mol. The number of nitrogens with zero attached hydrogens (tertiary/aromatic N) is 1. The summed E-state index contributed by atoms with van der Waals surface area (Å²) in [4.78, 5) is 57.1. The molecule has 3 fully saturated rings. The molecule has 2 aliphatic carbocycles. The van der Waals surface area contributed by atoms with Gasteiger partial charge >= 0.3 is 0 Å². The highest BCUT2D eigenvalue weighted by Gasteiger charge is 2.70. The highest BCUT2D eigenvalue weighted by molar-refractivity contribution is 6.32. The molecule has 6 unspecified atom stereocenters. The minimum atomic E-state index is -1.44. The van der Waals surface area contributed by atoms with Gasteiger partial charge in [0.05, 0.1) is 28.9 Å². The van der Waals surface area contributed by atoms with Gasteiger partial charge in [-0.3, -0.25) is 24.5 Å². The second-order valence-corrected chi connectivity index (χ2v) is 12.6. The first-order valence-corrected chi connectivity index (χ1v) is 15.1. The standard InChI is InChI=1S/C36H27ClN2O5/c37-21-10-6-11-22(17-21)39-34(43)28-18-27-24(15-16-25-29(27)33(42)38-32(25)41)30(36(28,35(39)44)20-8-2-1-3-9-20)26-14-13-19-7-4-5-12-23(19)31(26)40/h1-15,17,25,27-30,40H,16,18H2,(H,38,41,42). The van der Waals surface area contributed by atoms with Crippen molar-refractivity contribution in [3.05, 3.63) is 119 Å². The van der Waals surface area contributed by atoms with Crippen LogP contribution < -0.4 is 10.2 Å². The van der Waals surface area contributed by atoms with Gasteiger partial charge in [0.15, 0.2) is 0 Å². The maximum Gasteiger partial charge on any atom is 0.246 e. The molecule has 1 saturated carbocycles. The molecule has 44 heavy (non-hydrogen) atoms. The topological polar surface area (TPSA) is 104 Å². The Bertz CT molecular complexity index is 1950. The van der Waals surface area contributed by atoms with Crippen LogP contribution in [0.15, 0.2) is 103 Å². The maximum atomic E-state index is 15.2. The quantitative estimate of drug-likeness (QED) is 0.233. The molecule has 8 rings (SSSR count). The lowest BCUT2D eigenvalue weighted by atomic mass is 9.49. The van der Waals surface area contributed by atoms with Gasteiger partial charge < -0.3 is 5.11 Å². The van der Waals surface area contributed by atoms with Crippen molar-refractivity contribution in [2.24, 2.45) is 23.7 Å². The highest BCUT2D eigenvalue weighted by atomic mass is 35.5. The van der Waals surface area contributed by atoms with Gasteiger partial charge in [0, 0.05) is 21.9 Å². The average molecular weight is 603 g/mol. The lowest BCUT2D eigenvalue weighted by Crippen LogP contribution is -2.53. The largest absolute Gasteiger partial charge is 0.507 e. The molecular weight excluding hydrogens is 576 g/mol. The number of rotatable bonds is 3. The van der Waals surface area contributed by atoms with Crippen LogP contribution in [0.5, 0.6) is 5.75 Å². The van der Waals surface area contributed by atoms with Gasteiger partial charge in [0.25, 0.3) is 0 Å². The predicted octanol–water partition coefficient (Wildman–Crippen LogP) is 5.65. The van der Waals surface area contributed by atoms with Crippen molar-refractivity contribution in [3.8, 4) is 5.75 Å². The summed E-state index contributed by atoms with van der Waals surface area (Å²) in [5.41, 5.74) is 0.886. The third-order valence-corrected chi connectivity index (χ3v) is 10.5. The zero-order valence-corrected chi connectivity index (χ0v) is 24.2. The van der Waals surface area contributed by atoms with Gasteiger partial charge in [-0.1, -0.05) is 96.0 Å². The van der Waals surface area contributed by atoms with Gasteiger partial charge in [-0.05, 0) is 47.9 Å². The van der Waals surface area contributed by atoms with E-state index in [2.05, 4.69) is 5.32 Å². The van der Waals surface area contributed by atoms with Gasteiger partial charge in [0.2, 0.25) is 23.6 Å². The summed E-state index contributed by atoms with van der Waals surface area (Å²) in [6.07, 6.45) is 2.51. The van der Waals surface area contributed by atoms with Crippen molar-refractivity contribution < 1.29 is 24.3 Å². The number of amides is 4. The number of anilines is 1. The summed E-state index contributed by atoms with van der Waals surface area (Å²) in [7, 11) is 0. The zero-order chi connectivity index (χ0) is 30.3. The number of aromatic hydroxyl groups is 1. The van der Waals surface area contributed by atoms with Crippen molar-refractivity contribution in [2.45, 2.75) is 24.2 Å². The number of carbonyl (C=O) groups excluding carboxylic acids is 4. The Morgan fingerprint density at radius 1 is 0.841 bits per heavy atom. The fraction of sp³-hybridized carbons (Fsp3) is 0.222. The van der Waals surface area contributed by atoms with E-state index in [4.69, 9.17) is 11.6 Å². The van der Waals surface area contributed by atoms with Crippen molar-refractivity contribution in [1.29, 1.82) is 0 Å². The van der Waals surface area contributed by atoms with E-state index in [1.807, 2.05) is 72.8 Å². The van der Waals surface area contributed by atoms with E-state index in [0.29, 0.717) is 33.6 Å². The smallest absolute Gasteiger partial charge is 0.246 e. The lowest BCUT2D eigenvalue weighted by Gasteiger charge is -2.50. The Labute approximate surface area is 258 Å². The van der Waals surface area contributed by atoms with Crippen molar-refractivity contribution >= 4 is 51.7 Å². The summed E-state index contributed by atoms with van der Waals surface area (Å²) < 4.78 is 0. The first kappa shape index (κ1) is 26.8. The van der Waals surface area contributed by atoms with Crippen LogP contribution in [0.2, 0.25) is 5.02 Å². The van der Waals surface area contributed by atoms with Gasteiger partial charge in [0.1, 0.15) is 5.75 Å². The molecule has 2 aliphatic heterocycles. The minimum absolute atomic E-state index is 0.0271. The number of carbonyl (C=O) groups is 4. The monoisotopic (exact) mass is 602 g/mol. The van der Waals surface area contributed by atoms with E-state index >= 15 is 4.79 Å². The number of benzene rings is 4. The molecular formula is C36H27ClN2O5. The molecule has 7 nitrogen and oxygen atoms in total. The van der Waals surface area contributed by atoms with E-state index in [1.54, 1.807) is 24.3 Å². The van der Waals surface area contributed by atoms with Crippen LogP contribution in [0.3, 0.4) is 0 Å². The molecule has 0 spiro atoms. The van der Waals surface area contributed by atoms with Gasteiger partial charge in [-0.25, -0.2) is 4.90 Å². The molecule has 6 atom stereocenters. The van der Waals surface area contributed by atoms with Crippen LogP contribution in [-0.2, 0) is 24.6 Å². The molecule has 2 heterocycles. The van der Waals surface area contributed by atoms with Crippen molar-refractivity contribution in [2.75, 3.05) is 4.90 Å². The molecule has 4 amide bonds. The Balaban J connectivity index is 1.45. The molecule has 0 aromatic heterocycles. The zero-order valence-electron chi connectivity index (χ0n) is 23.4. The van der Waals surface area contributed by atoms with Crippen molar-refractivity contribution in [1.82, 2.24) is 5.32 Å². The number of halogens is 1. The van der Waals surface area contributed by atoms with E-state index < -0.39 is 46.8 Å². The van der Waals surface area contributed by atoms with Crippen LogP contribution in [0, 0.1) is 23.7 Å². The Hall–Kier alpha value is -4.75. The Morgan fingerprint density at radius 2 is 1.61 bits per heavy atom.